The Hall–Kier alpha value is -3.18. The van der Waals surface area contributed by atoms with Crippen LogP contribution in [0.5, 0.6) is 0 Å². The molecule has 3 aromatic rings. The van der Waals surface area contributed by atoms with Crippen molar-refractivity contribution in [3.8, 4) is 0 Å². The molecule has 0 heterocycles. The van der Waals surface area contributed by atoms with Gasteiger partial charge in [0.05, 0.1) is 6.42 Å². The maximum absolute atomic E-state index is 13.6. The van der Waals surface area contributed by atoms with E-state index in [1.807, 2.05) is 50.2 Å². The SMILES string of the molecule is CC(C)NC(=O)[C@@H](Cc1ccccc1)N(Cc1ccc(F)cc1)C(=O)Cc1ccccc1Cl. The molecule has 0 saturated carbocycles. The van der Waals surface area contributed by atoms with Crippen LogP contribution in [0.3, 0.4) is 0 Å². The van der Waals surface area contributed by atoms with Crippen LogP contribution in [0.2, 0.25) is 5.02 Å². The summed E-state index contributed by atoms with van der Waals surface area (Å²) in [5, 5.41) is 3.45. The monoisotopic (exact) mass is 466 g/mol. The summed E-state index contributed by atoms with van der Waals surface area (Å²) >= 11 is 6.30. The van der Waals surface area contributed by atoms with Crippen molar-refractivity contribution in [3.05, 3.63) is 106 Å². The van der Waals surface area contributed by atoms with Crippen molar-refractivity contribution >= 4 is 23.4 Å². The molecule has 1 atom stereocenters. The second-order valence-corrected chi connectivity index (χ2v) is 8.69. The van der Waals surface area contributed by atoms with Crippen molar-refractivity contribution in [1.29, 1.82) is 0 Å². The van der Waals surface area contributed by atoms with Crippen molar-refractivity contribution in [1.82, 2.24) is 10.2 Å². The largest absolute Gasteiger partial charge is 0.352 e. The number of rotatable bonds is 9. The molecule has 33 heavy (non-hydrogen) atoms. The third-order valence-electron chi connectivity index (χ3n) is 5.27. The predicted octanol–water partition coefficient (Wildman–Crippen LogP) is 5.19. The summed E-state index contributed by atoms with van der Waals surface area (Å²) in [5.41, 5.74) is 2.37. The molecule has 2 amide bonds. The number of amides is 2. The van der Waals surface area contributed by atoms with Crippen molar-refractivity contribution < 1.29 is 14.0 Å². The third-order valence-corrected chi connectivity index (χ3v) is 5.64. The van der Waals surface area contributed by atoms with Gasteiger partial charge in [-0.15, -0.1) is 0 Å². The summed E-state index contributed by atoms with van der Waals surface area (Å²) in [5.74, 6) is -0.818. The molecule has 0 radical (unpaired) electrons. The van der Waals surface area contributed by atoms with E-state index in [0.29, 0.717) is 17.0 Å². The number of hydrogen-bond acceptors (Lipinski definition) is 2. The van der Waals surface area contributed by atoms with E-state index >= 15 is 0 Å². The van der Waals surface area contributed by atoms with Crippen molar-refractivity contribution in [2.45, 2.75) is 45.3 Å². The molecule has 6 heteroatoms. The molecule has 1 N–H and O–H groups in total. The quantitative estimate of drug-likeness (QED) is 0.472. The van der Waals surface area contributed by atoms with E-state index in [4.69, 9.17) is 11.6 Å². The standard InChI is InChI=1S/C27H28ClFN2O2/c1-19(2)30-27(33)25(16-20-8-4-3-5-9-20)31(18-21-12-14-23(29)15-13-21)26(32)17-22-10-6-7-11-24(22)28/h3-15,19,25H,16-18H2,1-2H3,(H,30,33)/t25-/m1/s1. The van der Waals surface area contributed by atoms with Crippen LogP contribution in [0, 0.1) is 5.82 Å². The third kappa shape index (κ3) is 7.16. The molecular weight excluding hydrogens is 439 g/mol. The Morgan fingerprint density at radius 1 is 0.909 bits per heavy atom. The first-order chi connectivity index (χ1) is 15.8. The van der Waals surface area contributed by atoms with Gasteiger partial charge in [0.1, 0.15) is 11.9 Å². The smallest absolute Gasteiger partial charge is 0.243 e. The van der Waals surface area contributed by atoms with Gasteiger partial charge in [-0.05, 0) is 48.7 Å². The first-order valence-corrected chi connectivity index (χ1v) is 11.3. The van der Waals surface area contributed by atoms with E-state index in [2.05, 4.69) is 5.32 Å². The number of benzene rings is 3. The Morgan fingerprint density at radius 3 is 2.18 bits per heavy atom. The van der Waals surface area contributed by atoms with E-state index in [1.54, 1.807) is 35.2 Å². The van der Waals surface area contributed by atoms with Gasteiger partial charge in [-0.1, -0.05) is 72.3 Å². The lowest BCUT2D eigenvalue weighted by molar-refractivity contribution is -0.141. The molecule has 0 aromatic heterocycles. The molecule has 0 aliphatic rings. The molecule has 0 unspecified atom stereocenters. The van der Waals surface area contributed by atoms with E-state index in [0.717, 1.165) is 11.1 Å². The van der Waals surface area contributed by atoms with E-state index < -0.39 is 6.04 Å². The molecule has 0 bridgehead atoms. The summed E-state index contributed by atoms with van der Waals surface area (Å²) < 4.78 is 13.5. The zero-order chi connectivity index (χ0) is 23.8. The number of carbonyl (C=O) groups is 2. The van der Waals surface area contributed by atoms with Gasteiger partial charge in [0.15, 0.2) is 0 Å². The highest BCUT2D eigenvalue weighted by molar-refractivity contribution is 6.31. The van der Waals surface area contributed by atoms with Gasteiger partial charge >= 0.3 is 0 Å². The number of nitrogens with zero attached hydrogens (tertiary/aromatic N) is 1. The maximum atomic E-state index is 13.6. The average molecular weight is 467 g/mol. The van der Waals surface area contributed by atoms with Gasteiger partial charge in [0, 0.05) is 24.0 Å². The van der Waals surface area contributed by atoms with Gasteiger partial charge in [-0.2, -0.15) is 0 Å². The van der Waals surface area contributed by atoms with Crippen LogP contribution in [0.1, 0.15) is 30.5 Å². The van der Waals surface area contributed by atoms with Crippen molar-refractivity contribution in [3.63, 3.8) is 0 Å². The van der Waals surface area contributed by atoms with Crippen molar-refractivity contribution in [2.24, 2.45) is 0 Å². The molecule has 4 nitrogen and oxygen atoms in total. The zero-order valence-corrected chi connectivity index (χ0v) is 19.6. The predicted molar refractivity (Wildman–Crippen MR) is 129 cm³/mol. The van der Waals surface area contributed by atoms with Gasteiger partial charge in [0.2, 0.25) is 11.8 Å². The van der Waals surface area contributed by atoms with Crippen LogP contribution >= 0.6 is 11.6 Å². The Labute approximate surface area is 199 Å². The summed E-state index contributed by atoms with van der Waals surface area (Å²) in [6.07, 6.45) is 0.413. The lowest BCUT2D eigenvalue weighted by atomic mass is 10.0. The fraction of sp³-hybridized carbons (Fsp3) is 0.259. The number of carbonyl (C=O) groups excluding carboxylic acids is 2. The first-order valence-electron chi connectivity index (χ1n) is 10.9. The number of hydrogen-bond donors (Lipinski definition) is 1. The highest BCUT2D eigenvalue weighted by Crippen LogP contribution is 2.20. The summed E-state index contributed by atoms with van der Waals surface area (Å²) in [7, 11) is 0. The summed E-state index contributed by atoms with van der Waals surface area (Å²) in [6.45, 7) is 3.94. The molecule has 0 aliphatic carbocycles. The highest BCUT2D eigenvalue weighted by atomic mass is 35.5. The molecule has 172 valence electrons. The Balaban J connectivity index is 1.97. The first kappa shape index (κ1) is 24.5. The molecule has 0 fully saturated rings. The Kier molecular flexibility index (Phi) is 8.61. The lowest BCUT2D eigenvalue weighted by Crippen LogP contribution is -2.52. The molecule has 0 spiro atoms. The van der Waals surface area contributed by atoms with Crippen LogP contribution in [0.4, 0.5) is 4.39 Å². The molecular formula is C27H28ClFN2O2. The molecule has 0 saturated heterocycles. The minimum absolute atomic E-state index is 0.0567. The van der Waals surface area contributed by atoms with Gasteiger partial charge in [-0.3, -0.25) is 9.59 Å². The van der Waals surface area contributed by atoms with Crippen LogP contribution in [-0.4, -0.2) is 28.8 Å². The molecule has 0 aliphatic heterocycles. The van der Waals surface area contributed by atoms with Crippen LogP contribution in [-0.2, 0) is 29.0 Å². The average Bonchev–Trinajstić information content (AvgIpc) is 2.79. The zero-order valence-electron chi connectivity index (χ0n) is 18.8. The van der Waals surface area contributed by atoms with E-state index in [1.165, 1.54) is 12.1 Å². The highest BCUT2D eigenvalue weighted by Gasteiger charge is 2.31. The van der Waals surface area contributed by atoms with Crippen molar-refractivity contribution in [2.75, 3.05) is 0 Å². The van der Waals surface area contributed by atoms with Gasteiger partial charge in [0.25, 0.3) is 0 Å². The summed E-state index contributed by atoms with van der Waals surface area (Å²) in [4.78, 5) is 28.4. The fourth-order valence-corrected chi connectivity index (χ4v) is 3.83. The molecule has 3 rings (SSSR count). The van der Waals surface area contributed by atoms with E-state index in [9.17, 15) is 14.0 Å². The minimum Gasteiger partial charge on any atom is -0.352 e. The van der Waals surface area contributed by atoms with Gasteiger partial charge < -0.3 is 10.2 Å². The Bertz CT molecular complexity index is 1070. The number of halogens is 2. The Morgan fingerprint density at radius 2 is 1.55 bits per heavy atom. The van der Waals surface area contributed by atoms with Crippen LogP contribution in [0.15, 0.2) is 78.9 Å². The second-order valence-electron chi connectivity index (χ2n) is 8.29. The van der Waals surface area contributed by atoms with Crippen LogP contribution < -0.4 is 5.32 Å². The normalized spacial score (nSPS) is 11.8. The second kappa shape index (κ2) is 11.6. The van der Waals surface area contributed by atoms with Gasteiger partial charge in [-0.25, -0.2) is 4.39 Å². The summed E-state index contributed by atoms with van der Waals surface area (Å²) in [6, 6.07) is 21.9. The fourth-order valence-electron chi connectivity index (χ4n) is 3.63. The van der Waals surface area contributed by atoms with E-state index in [-0.39, 0.29) is 36.6 Å². The lowest BCUT2D eigenvalue weighted by Gasteiger charge is -2.32. The van der Waals surface area contributed by atoms with Crippen LogP contribution in [0.25, 0.3) is 0 Å². The topological polar surface area (TPSA) is 49.4 Å². The molecule has 3 aromatic carbocycles. The minimum atomic E-state index is -0.741. The number of nitrogens with one attached hydrogen (secondary N) is 1. The maximum Gasteiger partial charge on any atom is 0.243 e.